The molecule has 0 atom stereocenters. The summed E-state index contributed by atoms with van der Waals surface area (Å²) in [5, 5.41) is 12.5. The molecule has 0 spiro atoms. The maximum Gasteiger partial charge on any atom is 0.492 e. The van der Waals surface area contributed by atoms with Crippen LogP contribution < -0.4 is 10.1 Å². The van der Waals surface area contributed by atoms with Crippen LogP contribution in [0, 0.1) is 0 Å². The first-order chi connectivity index (χ1) is 11.2. The van der Waals surface area contributed by atoms with E-state index in [1.807, 2.05) is 45.9 Å². The normalized spacial score (nSPS) is 22.0. The minimum absolute atomic E-state index is 0.00422. The van der Waals surface area contributed by atoms with Crippen molar-refractivity contribution in [1.29, 1.82) is 0 Å². The van der Waals surface area contributed by atoms with Crippen molar-refractivity contribution in [2.75, 3.05) is 18.5 Å². The van der Waals surface area contributed by atoms with Crippen LogP contribution in [0.2, 0.25) is 0 Å². The van der Waals surface area contributed by atoms with Gasteiger partial charge in [0.15, 0.2) is 6.61 Å². The van der Waals surface area contributed by atoms with E-state index in [1.165, 1.54) is 0 Å². The predicted molar refractivity (Wildman–Crippen MR) is 91.7 cm³/mol. The summed E-state index contributed by atoms with van der Waals surface area (Å²) < 4.78 is 17.4. The molecule has 0 unspecified atom stereocenters. The Hall–Kier alpha value is -1.83. The Morgan fingerprint density at radius 1 is 1.29 bits per heavy atom. The van der Waals surface area contributed by atoms with Crippen LogP contribution >= 0.6 is 0 Å². The van der Waals surface area contributed by atoms with E-state index in [-0.39, 0.29) is 19.1 Å². The van der Waals surface area contributed by atoms with E-state index in [9.17, 15) is 9.90 Å². The van der Waals surface area contributed by atoms with Crippen LogP contribution in [0.1, 0.15) is 33.3 Å². The van der Waals surface area contributed by atoms with E-state index in [1.54, 1.807) is 6.07 Å². The van der Waals surface area contributed by atoms with Gasteiger partial charge >= 0.3 is 7.12 Å². The Morgan fingerprint density at radius 3 is 2.58 bits per heavy atom. The number of carbonyl (C=O) groups excluding carboxylic acids is 1. The SMILES string of the molecule is CC1(C)OB(C(=Cc2ccc3c(c2)OCC(=O)N3)CO)OC1(C)C. The van der Waals surface area contributed by atoms with Crippen LogP contribution in [0.25, 0.3) is 6.08 Å². The molecule has 1 amide bonds. The molecule has 1 aromatic rings. The minimum atomic E-state index is -0.600. The second kappa shape index (κ2) is 5.91. The second-order valence-corrected chi connectivity index (χ2v) is 7.06. The zero-order valence-electron chi connectivity index (χ0n) is 14.4. The summed E-state index contributed by atoms with van der Waals surface area (Å²) in [5.41, 5.74) is 1.19. The molecule has 128 valence electrons. The molecule has 0 saturated carbocycles. The van der Waals surface area contributed by atoms with Crippen LogP contribution in [0.5, 0.6) is 5.75 Å². The molecule has 2 aliphatic rings. The van der Waals surface area contributed by atoms with Crippen LogP contribution in [-0.2, 0) is 14.1 Å². The van der Waals surface area contributed by atoms with Gasteiger partial charge in [0.05, 0.1) is 23.5 Å². The lowest BCUT2D eigenvalue weighted by atomic mass is 9.77. The van der Waals surface area contributed by atoms with Crippen molar-refractivity contribution in [1.82, 2.24) is 0 Å². The summed E-state index contributed by atoms with van der Waals surface area (Å²) in [5.74, 6) is 0.439. The number of benzene rings is 1. The highest BCUT2D eigenvalue weighted by molar-refractivity contribution is 6.55. The number of hydrogen-bond acceptors (Lipinski definition) is 5. The molecule has 1 saturated heterocycles. The van der Waals surface area contributed by atoms with Gasteiger partial charge in [-0.1, -0.05) is 12.1 Å². The molecular formula is C17H22BNO5. The fourth-order valence-electron chi connectivity index (χ4n) is 2.58. The molecule has 0 radical (unpaired) electrons. The summed E-state index contributed by atoms with van der Waals surface area (Å²) >= 11 is 0. The number of aliphatic hydroxyl groups excluding tert-OH is 1. The molecule has 7 heteroatoms. The van der Waals surface area contributed by atoms with E-state index < -0.39 is 18.3 Å². The first kappa shape index (κ1) is 17.0. The maximum atomic E-state index is 11.3. The smallest absolute Gasteiger partial charge is 0.482 e. The quantitative estimate of drug-likeness (QED) is 0.829. The topological polar surface area (TPSA) is 77.0 Å². The van der Waals surface area contributed by atoms with Crippen LogP contribution in [0.4, 0.5) is 5.69 Å². The molecule has 0 bridgehead atoms. The molecule has 0 aromatic heterocycles. The third kappa shape index (κ3) is 3.07. The van der Waals surface area contributed by atoms with Crippen LogP contribution in [0.15, 0.2) is 23.7 Å². The van der Waals surface area contributed by atoms with E-state index >= 15 is 0 Å². The largest absolute Gasteiger partial charge is 0.492 e. The van der Waals surface area contributed by atoms with Gasteiger partial charge in [-0.05, 0) is 50.9 Å². The Bertz CT molecular complexity index is 682. The monoisotopic (exact) mass is 331 g/mol. The Morgan fingerprint density at radius 2 is 1.96 bits per heavy atom. The number of rotatable bonds is 3. The molecule has 3 rings (SSSR count). The van der Waals surface area contributed by atoms with Gasteiger partial charge in [0.25, 0.3) is 5.91 Å². The number of carbonyl (C=O) groups is 1. The average molecular weight is 331 g/mol. The summed E-state index contributed by atoms with van der Waals surface area (Å²) in [6.45, 7) is 7.71. The first-order valence-electron chi connectivity index (χ1n) is 7.95. The molecule has 1 aromatic carbocycles. The van der Waals surface area contributed by atoms with Crippen LogP contribution in [-0.4, -0.2) is 42.5 Å². The van der Waals surface area contributed by atoms with E-state index in [0.717, 1.165) is 5.56 Å². The van der Waals surface area contributed by atoms with Gasteiger partial charge in [0.1, 0.15) is 5.75 Å². The maximum absolute atomic E-state index is 11.3. The molecular weight excluding hydrogens is 309 g/mol. The Kier molecular flexibility index (Phi) is 4.19. The molecule has 6 nitrogen and oxygen atoms in total. The molecule has 2 aliphatic heterocycles. The Labute approximate surface area is 141 Å². The molecule has 24 heavy (non-hydrogen) atoms. The standard InChI is InChI=1S/C17H22BNO5/c1-16(2)17(3,4)24-18(23-16)12(9-20)7-11-5-6-13-14(8-11)22-10-15(21)19-13/h5-8,20H,9-10H2,1-4H3,(H,19,21). The number of ether oxygens (including phenoxy) is 1. The van der Waals surface area contributed by atoms with Crippen molar-refractivity contribution in [3.8, 4) is 5.75 Å². The lowest BCUT2D eigenvalue weighted by Gasteiger charge is -2.32. The van der Waals surface area contributed by atoms with Gasteiger partial charge < -0.3 is 24.5 Å². The lowest BCUT2D eigenvalue weighted by molar-refractivity contribution is -0.118. The lowest BCUT2D eigenvalue weighted by Crippen LogP contribution is -2.41. The van der Waals surface area contributed by atoms with Crippen molar-refractivity contribution in [2.24, 2.45) is 0 Å². The zero-order chi connectivity index (χ0) is 17.5. The van der Waals surface area contributed by atoms with Gasteiger partial charge in [-0.15, -0.1) is 0 Å². The third-order valence-electron chi connectivity index (χ3n) is 4.73. The van der Waals surface area contributed by atoms with Gasteiger partial charge in [0.2, 0.25) is 0 Å². The van der Waals surface area contributed by atoms with E-state index in [0.29, 0.717) is 16.9 Å². The summed E-state index contributed by atoms with van der Waals surface area (Å²) in [4.78, 5) is 11.3. The van der Waals surface area contributed by atoms with Gasteiger partial charge in [-0.25, -0.2) is 0 Å². The van der Waals surface area contributed by atoms with Crippen molar-refractivity contribution >= 4 is 24.8 Å². The summed E-state index contributed by atoms with van der Waals surface area (Å²) in [7, 11) is -0.600. The van der Waals surface area contributed by atoms with Crippen molar-refractivity contribution in [3.05, 3.63) is 29.2 Å². The highest BCUT2D eigenvalue weighted by Crippen LogP contribution is 2.39. The van der Waals surface area contributed by atoms with Gasteiger partial charge in [-0.2, -0.15) is 0 Å². The number of aliphatic hydroxyl groups is 1. The average Bonchev–Trinajstić information content (AvgIpc) is 2.73. The number of anilines is 1. The fourth-order valence-corrected chi connectivity index (χ4v) is 2.58. The van der Waals surface area contributed by atoms with E-state index in [2.05, 4.69) is 5.32 Å². The van der Waals surface area contributed by atoms with Gasteiger partial charge in [0, 0.05) is 0 Å². The van der Waals surface area contributed by atoms with Crippen molar-refractivity contribution < 1.29 is 23.9 Å². The zero-order valence-corrected chi connectivity index (χ0v) is 14.4. The Balaban J connectivity index is 1.85. The highest BCUT2D eigenvalue weighted by atomic mass is 16.7. The third-order valence-corrected chi connectivity index (χ3v) is 4.73. The molecule has 0 aliphatic carbocycles. The summed E-state index contributed by atoms with van der Waals surface area (Å²) in [6.07, 6.45) is 1.82. The fraction of sp³-hybridized carbons (Fsp3) is 0.471. The second-order valence-electron chi connectivity index (χ2n) is 7.06. The van der Waals surface area contributed by atoms with Gasteiger partial charge in [-0.3, -0.25) is 4.79 Å². The van der Waals surface area contributed by atoms with Crippen molar-refractivity contribution in [2.45, 2.75) is 38.9 Å². The number of fused-ring (bicyclic) bond motifs is 1. The number of nitrogens with one attached hydrogen (secondary N) is 1. The molecule has 2 N–H and O–H groups in total. The molecule has 2 heterocycles. The van der Waals surface area contributed by atoms with Crippen molar-refractivity contribution in [3.63, 3.8) is 0 Å². The van der Waals surface area contributed by atoms with E-state index in [4.69, 9.17) is 14.0 Å². The first-order valence-corrected chi connectivity index (χ1v) is 7.95. The minimum Gasteiger partial charge on any atom is -0.482 e. The summed E-state index contributed by atoms with van der Waals surface area (Å²) in [6, 6.07) is 5.43. The molecule has 1 fully saturated rings. The highest BCUT2D eigenvalue weighted by Gasteiger charge is 2.52. The van der Waals surface area contributed by atoms with Crippen LogP contribution in [0.3, 0.4) is 0 Å². The number of hydrogen-bond donors (Lipinski definition) is 2. The number of amides is 1. The predicted octanol–water partition coefficient (Wildman–Crippen LogP) is 2.02.